The van der Waals surface area contributed by atoms with Gasteiger partial charge in [0.2, 0.25) is 41.4 Å². The van der Waals surface area contributed by atoms with Crippen molar-refractivity contribution in [2.45, 2.75) is 154 Å². The second-order valence-corrected chi connectivity index (χ2v) is 20.4. The van der Waals surface area contributed by atoms with E-state index in [1.165, 1.54) is 59.0 Å². The van der Waals surface area contributed by atoms with Gasteiger partial charge in [0.15, 0.2) is 6.04 Å². The highest BCUT2D eigenvalue weighted by Crippen LogP contribution is 2.26. The molecule has 1 fully saturated rings. The monoisotopic (exact) mass is 1090 g/mol. The zero-order valence-corrected chi connectivity index (χ0v) is 46.1. The Hall–Kier alpha value is -6.95. The number of rotatable bonds is 14. The van der Waals surface area contributed by atoms with Crippen LogP contribution in [0, 0.1) is 17.8 Å². The van der Waals surface area contributed by atoms with Crippen LogP contribution in [0.4, 0.5) is 0 Å². The van der Waals surface area contributed by atoms with E-state index in [0.717, 1.165) is 23.5 Å². The minimum Gasteiger partial charge on any atom is -0.487 e. The summed E-state index contributed by atoms with van der Waals surface area (Å²) in [6.07, 6.45) is -2.00. The molecule has 9 N–H and O–H groups in total. The fourth-order valence-corrected chi connectivity index (χ4v) is 8.39. The SMILES string of the molecule is CCCCOC[C@@]1(O)C=CC(=O)NCC(=O)OC[C@@H]2NC(=O)[C@@H]([C@@H](C)O)NC(=O)[C@H](Cc3ccccc3)N(C)C(=O)[C@@H](NC(=O)[C@@H]([C@@H](C)CC)NC(=O)[C@@H](NC(=O)[C@H](C)[C@H](O)C(C)C)[C@@H](C)OC2=O)c2ccc(cc2)O[C@@H]1C. The number of esters is 2. The number of carbonyl (C=O) groups excluding carboxylic acids is 9. The van der Waals surface area contributed by atoms with Crippen molar-refractivity contribution < 1.29 is 77.4 Å². The van der Waals surface area contributed by atoms with Gasteiger partial charge in [-0.1, -0.05) is 96.8 Å². The van der Waals surface area contributed by atoms with Gasteiger partial charge < -0.3 is 71.1 Å². The molecule has 430 valence electrons. The second-order valence-electron chi connectivity index (χ2n) is 20.4. The van der Waals surface area contributed by atoms with E-state index in [1.54, 1.807) is 58.0 Å². The predicted molar refractivity (Wildman–Crippen MR) is 282 cm³/mol. The van der Waals surface area contributed by atoms with Crippen LogP contribution >= 0.6 is 0 Å². The number of aliphatic hydroxyl groups excluding tert-OH is 2. The molecule has 2 aromatic carbocycles. The van der Waals surface area contributed by atoms with Crippen LogP contribution in [0.15, 0.2) is 66.7 Å². The van der Waals surface area contributed by atoms with Gasteiger partial charge in [-0.2, -0.15) is 0 Å². The lowest BCUT2D eigenvalue weighted by Gasteiger charge is -2.34. The Morgan fingerprint density at radius 3 is 2.09 bits per heavy atom. The predicted octanol–water partition coefficient (Wildman–Crippen LogP) is 0.422. The van der Waals surface area contributed by atoms with Crippen LogP contribution in [-0.4, -0.2) is 167 Å². The van der Waals surface area contributed by atoms with E-state index in [4.69, 9.17) is 18.9 Å². The number of ether oxygens (including phenoxy) is 4. The molecule has 0 unspecified atom stereocenters. The Morgan fingerprint density at radius 1 is 0.833 bits per heavy atom. The average Bonchev–Trinajstić information content (AvgIpc) is 3.42. The van der Waals surface area contributed by atoms with E-state index in [0.29, 0.717) is 12.0 Å². The van der Waals surface area contributed by atoms with Gasteiger partial charge in [0.05, 0.1) is 24.7 Å². The van der Waals surface area contributed by atoms with Crippen LogP contribution in [-0.2, 0) is 63.8 Å². The summed E-state index contributed by atoms with van der Waals surface area (Å²) in [6.45, 7) is 12.1. The van der Waals surface area contributed by atoms with Crippen LogP contribution in [0.1, 0.15) is 98.7 Å². The molecule has 1 saturated heterocycles. The van der Waals surface area contributed by atoms with Crippen molar-refractivity contribution in [1.29, 1.82) is 0 Å². The van der Waals surface area contributed by atoms with Gasteiger partial charge in [-0.3, -0.25) is 38.4 Å². The number of benzene rings is 2. The Labute approximate surface area is 455 Å². The Bertz CT molecular complexity index is 2420. The molecule has 3 aliphatic rings. The van der Waals surface area contributed by atoms with Crippen molar-refractivity contribution in [1.82, 2.24) is 36.8 Å². The van der Waals surface area contributed by atoms with Gasteiger partial charge in [0, 0.05) is 26.2 Å². The molecule has 0 spiro atoms. The average molecular weight is 1090 g/mol. The number of nitrogens with zero attached hydrogens (tertiary/aromatic N) is 1. The number of cyclic esters (lactones) is 1. The number of unbranched alkanes of at least 4 members (excludes halogenated alkanes) is 1. The summed E-state index contributed by atoms with van der Waals surface area (Å²) in [7, 11) is 1.30. The molecule has 13 atom stereocenters. The van der Waals surface area contributed by atoms with Crippen molar-refractivity contribution in [2.75, 3.05) is 33.4 Å². The Balaban J connectivity index is 2.02. The molecule has 23 heteroatoms. The topological polar surface area (TPSA) is 327 Å². The molecule has 5 rings (SSSR count). The van der Waals surface area contributed by atoms with Crippen molar-refractivity contribution in [3.63, 3.8) is 0 Å². The van der Waals surface area contributed by atoms with Gasteiger partial charge in [-0.05, 0) is 68.4 Å². The minimum absolute atomic E-state index is 0.145. The number of aliphatic hydroxyl groups is 3. The third-order valence-corrected chi connectivity index (χ3v) is 13.9. The van der Waals surface area contributed by atoms with Crippen molar-refractivity contribution in [3.05, 3.63) is 77.9 Å². The highest BCUT2D eigenvalue weighted by Gasteiger charge is 2.42. The van der Waals surface area contributed by atoms with Crippen molar-refractivity contribution >= 4 is 53.3 Å². The fourth-order valence-electron chi connectivity index (χ4n) is 8.39. The first-order valence-corrected chi connectivity index (χ1v) is 26.4. The van der Waals surface area contributed by atoms with Gasteiger partial charge in [0.25, 0.3) is 0 Å². The first-order valence-electron chi connectivity index (χ1n) is 26.4. The molecule has 0 radical (unpaired) electrons. The van der Waals surface area contributed by atoms with Gasteiger partial charge in [-0.25, -0.2) is 4.79 Å². The molecule has 3 heterocycles. The summed E-state index contributed by atoms with van der Waals surface area (Å²) in [5, 5.41) is 49.0. The molecule has 2 aromatic rings. The smallest absolute Gasteiger partial charge is 0.332 e. The molecule has 0 saturated carbocycles. The summed E-state index contributed by atoms with van der Waals surface area (Å²) in [6, 6.07) is 4.14. The standard InChI is InChI=1S/C55H79N7O16/c1-11-13-25-75-29-55(74)24-23-41(64)56-27-42(65)76-28-39-54(73)77-34(8)45(60-48(67)32(6)47(66)30(3)4)52(71)58-43(31(5)12-2)50(69)61-46(37-19-21-38(22-20-37)78-35(55)9)53(72)62(10)40(26-36-17-15-14-16-18-36)49(68)59-44(33(7)63)51(70)57-39/h14-24,30-35,39-40,43-47,63,66,74H,11-13,25-29H2,1-10H3,(H,56,64)(H,57,70)(H,58,71)(H,59,68)(H,60,67)(H,61,69)/t31-,32+,33+,34+,35+,39-,40-,43+,44+,45-,46-,47+,55-/m0/s1. The van der Waals surface area contributed by atoms with E-state index < -0.39 is 150 Å². The lowest BCUT2D eigenvalue weighted by Crippen LogP contribution is -2.61. The summed E-state index contributed by atoms with van der Waals surface area (Å²) in [5.74, 6) is -11.3. The van der Waals surface area contributed by atoms with Crippen LogP contribution in [0.3, 0.4) is 0 Å². The van der Waals surface area contributed by atoms with Gasteiger partial charge in [-0.15, -0.1) is 0 Å². The molecule has 3 aliphatic heterocycles. The first kappa shape index (κ1) is 63.6. The molecule has 7 amide bonds. The number of carbonyl (C=O) groups is 9. The van der Waals surface area contributed by atoms with Crippen molar-refractivity contribution in [2.24, 2.45) is 17.8 Å². The highest BCUT2D eigenvalue weighted by molar-refractivity contribution is 5.98. The quantitative estimate of drug-likeness (QED) is 0.0915. The number of fused-ring (bicyclic) bond motifs is 11. The number of amides is 7. The number of nitrogens with one attached hydrogen (secondary N) is 6. The number of hydrogen-bond acceptors (Lipinski definition) is 16. The second kappa shape index (κ2) is 29.7. The third-order valence-electron chi connectivity index (χ3n) is 13.9. The number of hydrogen-bond donors (Lipinski definition) is 9. The maximum absolute atomic E-state index is 15.3. The molecule has 78 heavy (non-hydrogen) atoms. The Morgan fingerprint density at radius 2 is 1.47 bits per heavy atom. The molecule has 4 bridgehead atoms. The largest absolute Gasteiger partial charge is 0.487 e. The molecular formula is C55H79N7O16. The highest BCUT2D eigenvalue weighted by atomic mass is 16.6. The lowest BCUT2D eigenvalue weighted by atomic mass is 9.93. The minimum atomic E-state index is -1.98. The summed E-state index contributed by atoms with van der Waals surface area (Å²) >= 11 is 0. The Kier molecular flexibility index (Phi) is 24.2. The maximum atomic E-state index is 15.3. The van der Waals surface area contributed by atoms with E-state index in [1.807, 2.05) is 6.92 Å². The van der Waals surface area contributed by atoms with E-state index in [9.17, 15) is 53.7 Å². The zero-order chi connectivity index (χ0) is 58.0. The third kappa shape index (κ3) is 17.8. The van der Waals surface area contributed by atoms with Crippen LogP contribution in [0.2, 0.25) is 0 Å². The van der Waals surface area contributed by atoms with E-state index >= 15 is 4.79 Å². The van der Waals surface area contributed by atoms with E-state index in [2.05, 4.69) is 31.9 Å². The fraction of sp³-hybridized carbons (Fsp3) is 0.582. The molecule has 0 aliphatic carbocycles. The van der Waals surface area contributed by atoms with Crippen molar-refractivity contribution in [3.8, 4) is 5.75 Å². The van der Waals surface area contributed by atoms with Gasteiger partial charge >= 0.3 is 11.9 Å². The van der Waals surface area contributed by atoms with Gasteiger partial charge in [0.1, 0.15) is 66.9 Å². The normalized spacial score (nSPS) is 27.2. The van der Waals surface area contributed by atoms with Crippen LogP contribution in [0.5, 0.6) is 5.75 Å². The van der Waals surface area contributed by atoms with Crippen LogP contribution < -0.4 is 36.6 Å². The number of likely N-dealkylation sites (N-methyl/N-ethyl adjacent to an activating group) is 1. The summed E-state index contributed by atoms with van der Waals surface area (Å²) in [4.78, 5) is 129. The van der Waals surface area contributed by atoms with E-state index in [-0.39, 0.29) is 37.4 Å². The lowest BCUT2D eigenvalue weighted by molar-refractivity contribution is -0.160. The summed E-state index contributed by atoms with van der Waals surface area (Å²) < 4.78 is 23.1. The van der Waals surface area contributed by atoms with Crippen LogP contribution in [0.25, 0.3) is 0 Å². The molecule has 0 aromatic heterocycles. The maximum Gasteiger partial charge on any atom is 0.332 e. The zero-order valence-electron chi connectivity index (χ0n) is 46.1. The summed E-state index contributed by atoms with van der Waals surface area (Å²) in [5.41, 5.74) is -1.25. The molecule has 23 nitrogen and oxygen atoms in total. The first-order chi connectivity index (χ1) is 36.8. The molecular weight excluding hydrogens is 1010 g/mol.